The van der Waals surface area contributed by atoms with Gasteiger partial charge in [0.05, 0.1) is 18.0 Å². The van der Waals surface area contributed by atoms with Crippen molar-refractivity contribution in [3.63, 3.8) is 0 Å². The smallest absolute Gasteiger partial charge is 0.196 e. The van der Waals surface area contributed by atoms with Gasteiger partial charge in [0, 0.05) is 5.56 Å². The number of carbonyl (C=O) groups excluding carboxylic acids is 1. The molecule has 0 aliphatic rings. The van der Waals surface area contributed by atoms with E-state index in [1.807, 2.05) is 60.9 Å². The molecule has 27 heavy (non-hydrogen) atoms. The number of aryl methyl sites for hydroxylation is 2. The molecule has 0 aliphatic carbocycles. The molecule has 140 valence electrons. The number of nitrogens with zero attached hydrogens (tertiary/aromatic N) is 3. The molecule has 0 amide bonds. The van der Waals surface area contributed by atoms with E-state index in [1.54, 1.807) is 7.11 Å². The van der Waals surface area contributed by atoms with Crippen molar-refractivity contribution in [3.05, 3.63) is 65.5 Å². The number of hydrogen-bond donors (Lipinski definition) is 0. The topological polar surface area (TPSA) is 57.0 Å². The van der Waals surface area contributed by atoms with Crippen LogP contribution in [0.5, 0.6) is 5.75 Å². The standard InChI is InChI=1S/C21H23N3O2S/c1-5-19(20(25)16-10-12-17(26-4)13-11-16)27-21-23-22-15(3)24(21)18-9-7-6-8-14(18)2/h6-13,19H,5H2,1-4H3. The van der Waals surface area contributed by atoms with Gasteiger partial charge < -0.3 is 4.74 Å². The minimum absolute atomic E-state index is 0.0853. The van der Waals surface area contributed by atoms with Gasteiger partial charge in [0.2, 0.25) is 0 Å². The Morgan fingerprint density at radius 3 is 2.44 bits per heavy atom. The highest BCUT2D eigenvalue weighted by molar-refractivity contribution is 8.00. The predicted molar refractivity (Wildman–Crippen MR) is 108 cm³/mol. The highest BCUT2D eigenvalue weighted by Crippen LogP contribution is 2.30. The number of thioether (sulfide) groups is 1. The van der Waals surface area contributed by atoms with Crippen molar-refractivity contribution >= 4 is 17.5 Å². The van der Waals surface area contributed by atoms with Gasteiger partial charge >= 0.3 is 0 Å². The number of methoxy groups -OCH3 is 1. The zero-order valence-corrected chi connectivity index (χ0v) is 16.8. The zero-order valence-electron chi connectivity index (χ0n) is 16.0. The summed E-state index contributed by atoms with van der Waals surface area (Å²) in [5.74, 6) is 1.63. The zero-order chi connectivity index (χ0) is 19.4. The van der Waals surface area contributed by atoms with Crippen molar-refractivity contribution in [2.75, 3.05) is 7.11 Å². The van der Waals surface area contributed by atoms with E-state index >= 15 is 0 Å². The second-order valence-electron chi connectivity index (χ2n) is 6.26. The largest absolute Gasteiger partial charge is 0.497 e. The summed E-state index contributed by atoms with van der Waals surface area (Å²) >= 11 is 1.46. The number of benzene rings is 2. The Labute approximate surface area is 163 Å². The van der Waals surface area contributed by atoms with Gasteiger partial charge in [0.1, 0.15) is 11.6 Å². The third-order valence-corrected chi connectivity index (χ3v) is 5.74. The second-order valence-corrected chi connectivity index (χ2v) is 7.43. The van der Waals surface area contributed by atoms with Crippen molar-refractivity contribution in [3.8, 4) is 11.4 Å². The fourth-order valence-corrected chi connectivity index (χ4v) is 3.99. The SMILES string of the molecule is CCC(Sc1nnc(C)n1-c1ccccc1C)C(=O)c1ccc(OC)cc1. The van der Waals surface area contributed by atoms with Crippen molar-refractivity contribution in [1.29, 1.82) is 0 Å². The lowest BCUT2D eigenvalue weighted by Crippen LogP contribution is -2.17. The first-order valence-corrected chi connectivity index (χ1v) is 9.76. The average molecular weight is 382 g/mol. The van der Waals surface area contributed by atoms with Gasteiger partial charge in [-0.15, -0.1) is 10.2 Å². The number of hydrogen-bond acceptors (Lipinski definition) is 5. The summed E-state index contributed by atoms with van der Waals surface area (Å²) in [6.45, 7) is 6.00. The third kappa shape index (κ3) is 4.06. The Hall–Kier alpha value is -2.60. The molecule has 2 aromatic carbocycles. The van der Waals surface area contributed by atoms with E-state index in [2.05, 4.69) is 23.2 Å². The van der Waals surface area contributed by atoms with E-state index in [-0.39, 0.29) is 11.0 Å². The number of Topliss-reactive ketones (excluding diaryl/α,β-unsaturated/α-hetero) is 1. The number of carbonyl (C=O) groups is 1. The van der Waals surface area contributed by atoms with Crippen LogP contribution in [-0.2, 0) is 0 Å². The van der Waals surface area contributed by atoms with Crippen LogP contribution in [0.4, 0.5) is 0 Å². The van der Waals surface area contributed by atoms with Gasteiger partial charge in [0.25, 0.3) is 0 Å². The maximum atomic E-state index is 13.0. The number of ketones is 1. The van der Waals surface area contributed by atoms with Crippen molar-refractivity contribution in [1.82, 2.24) is 14.8 Å². The Morgan fingerprint density at radius 2 is 1.81 bits per heavy atom. The van der Waals surface area contributed by atoms with Gasteiger partial charge in [0.15, 0.2) is 10.9 Å². The van der Waals surface area contributed by atoms with Crippen LogP contribution >= 0.6 is 11.8 Å². The molecule has 0 saturated carbocycles. The van der Waals surface area contributed by atoms with Crippen LogP contribution in [0.25, 0.3) is 5.69 Å². The molecule has 6 heteroatoms. The molecule has 0 bridgehead atoms. The quantitative estimate of drug-likeness (QED) is 0.440. The third-order valence-electron chi connectivity index (χ3n) is 4.44. The number of para-hydroxylation sites is 1. The van der Waals surface area contributed by atoms with E-state index in [0.29, 0.717) is 12.0 Å². The van der Waals surface area contributed by atoms with Crippen molar-refractivity contribution in [2.24, 2.45) is 0 Å². The normalized spacial score (nSPS) is 12.0. The molecular formula is C21H23N3O2S. The highest BCUT2D eigenvalue weighted by atomic mass is 32.2. The first-order valence-electron chi connectivity index (χ1n) is 8.88. The molecular weight excluding hydrogens is 358 g/mol. The fourth-order valence-electron chi connectivity index (χ4n) is 2.90. The molecule has 1 atom stereocenters. The summed E-state index contributed by atoms with van der Waals surface area (Å²) in [6, 6.07) is 15.3. The fraction of sp³-hybridized carbons (Fsp3) is 0.286. The molecule has 1 heterocycles. The van der Waals surface area contributed by atoms with Gasteiger partial charge in [-0.3, -0.25) is 9.36 Å². The number of rotatable bonds is 7. The monoisotopic (exact) mass is 381 g/mol. The maximum absolute atomic E-state index is 13.0. The molecule has 1 unspecified atom stereocenters. The molecule has 0 saturated heterocycles. The van der Waals surface area contributed by atoms with Gasteiger partial charge in [-0.05, 0) is 56.2 Å². The lowest BCUT2D eigenvalue weighted by Gasteiger charge is -2.15. The summed E-state index contributed by atoms with van der Waals surface area (Å²) in [5, 5.41) is 9.07. The molecule has 0 fully saturated rings. The van der Waals surface area contributed by atoms with Crippen LogP contribution in [0.2, 0.25) is 0 Å². The van der Waals surface area contributed by atoms with Crippen molar-refractivity contribution < 1.29 is 9.53 Å². The summed E-state index contributed by atoms with van der Waals surface area (Å²) in [6.07, 6.45) is 0.704. The van der Waals surface area contributed by atoms with Crippen LogP contribution in [-0.4, -0.2) is 32.9 Å². The molecule has 3 aromatic rings. The van der Waals surface area contributed by atoms with Gasteiger partial charge in [-0.2, -0.15) is 0 Å². The highest BCUT2D eigenvalue weighted by Gasteiger charge is 2.24. The maximum Gasteiger partial charge on any atom is 0.196 e. The molecule has 3 rings (SSSR count). The predicted octanol–water partition coefficient (Wildman–Crippen LogP) is 4.65. The van der Waals surface area contributed by atoms with Gasteiger partial charge in [-0.1, -0.05) is 36.9 Å². The molecule has 0 spiro atoms. The summed E-state index contributed by atoms with van der Waals surface area (Å²) < 4.78 is 7.19. The summed E-state index contributed by atoms with van der Waals surface area (Å²) in [5.41, 5.74) is 2.85. The van der Waals surface area contributed by atoms with E-state index in [1.165, 1.54) is 11.8 Å². The molecule has 5 nitrogen and oxygen atoms in total. The van der Waals surface area contributed by atoms with Crippen LogP contribution in [0.1, 0.15) is 35.1 Å². The lowest BCUT2D eigenvalue weighted by atomic mass is 10.1. The lowest BCUT2D eigenvalue weighted by molar-refractivity contribution is 0.0988. The van der Waals surface area contributed by atoms with Gasteiger partial charge in [-0.25, -0.2) is 0 Å². The van der Waals surface area contributed by atoms with E-state index in [0.717, 1.165) is 28.0 Å². The number of aromatic nitrogens is 3. The van der Waals surface area contributed by atoms with Crippen LogP contribution in [0, 0.1) is 13.8 Å². The van der Waals surface area contributed by atoms with E-state index in [4.69, 9.17) is 4.74 Å². The first kappa shape index (κ1) is 19.2. The summed E-state index contributed by atoms with van der Waals surface area (Å²) in [4.78, 5) is 13.0. The average Bonchev–Trinajstić information content (AvgIpc) is 3.06. The minimum atomic E-state index is -0.232. The summed E-state index contributed by atoms with van der Waals surface area (Å²) in [7, 11) is 1.61. The molecule has 0 radical (unpaired) electrons. The van der Waals surface area contributed by atoms with Crippen LogP contribution in [0.15, 0.2) is 53.7 Å². The minimum Gasteiger partial charge on any atom is -0.497 e. The van der Waals surface area contributed by atoms with Crippen LogP contribution < -0.4 is 4.74 Å². The van der Waals surface area contributed by atoms with Crippen LogP contribution in [0.3, 0.4) is 0 Å². The Bertz CT molecular complexity index is 935. The molecule has 1 aromatic heterocycles. The van der Waals surface area contributed by atoms with E-state index in [9.17, 15) is 4.79 Å². The van der Waals surface area contributed by atoms with E-state index < -0.39 is 0 Å². The number of ether oxygens (including phenoxy) is 1. The Balaban J connectivity index is 1.89. The van der Waals surface area contributed by atoms with Crippen molar-refractivity contribution in [2.45, 2.75) is 37.6 Å². The Kier molecular flexibility index (Phi) is 5.96. The molecule has 0 aliphatic heterocycles. The second kappa shape index (κ2) is 8.39. The Morgan fingerprint density at radius 1 is 1.11 bits per heavy atom. The molecule has 0 N–H and O–H groups in total. The first-order chi connectivity index (χ1) is 13.0.